The lowest BCUT2D eigenvalue weighted by atomic mass is 9.97. The highest BCUT2D eigenvalue weighted by atomic mass is 79.9. The van der Waals surface area contributed by atoms with Crippen LogP contribution in [-0.4, -0.2) is 4.98 Å². The van der Waals surface area contributed by atoms with Gasteiger partial charge in [0.15, 0.2) is 0 Å². The van der Waals surface area contributed by atoms with E-state index in [2.05, 4.69) is 64.4 Å². The van der Waals surface area contributed by atoms with Gasteiger partial charge in [0, 0.05) is 10.9 Å². The summed E-state index contributed by atoms with van der Waals surface area (Å²) < 4.78 is 0. The fourth-order valence-electron chi connectivity index (χ4n) is 1.72. The van der Waals surface area contributed by atoms with E-state index in [-0.39, 0.29) is 0 Å². The molecule has 0 amide bonds. The van der Waals surface area contributed by atoms with E-state index in [4.69, 9.17) is 0 Å². The Morgan fingerprint density at radius 2 is 2.00 bits per heavy atom. The Labute approximate surface area is 115 Å². The molecular weight excluding hydrogens is 294 g/mol. The molecule has 0 bridgehead atoms. The number of alkyl halides is 1. The molecule has 1 nitrogen and oxygen atoms in total. The maximum Gasteiger partial charge on any atom is 0.104 e. The van der Waals surface area contributed by atoms with Crippen LogP contribution in [0.1, 0.15) is 36.8 Å². The predicted molar refractivity (Wildman–Crippen MR) is 78.9 cm³/mol. The standard InChI is InChI=1S/C14H16BrNS/c1-3-10(2)11-4-6-12(7-5-11)13-9-17-14(8-15)16-13/h4-7,9-10H,3,8H2,1-2H3. The van der Waals surface area contributed by atoms with E-state index in [1.807, 2.05) is 0 Å². The van der Waals surface area contributed by atoms with Crippen LogP contribution < -0.4 is 0 Å². The van der Waals surface area contributed by atoms with Gasteiger partial charge in [-0.15, -0.1) is 11.3 Å². The van der Waals surface area contributed by atoms with Gasteiger partial charge in [-0.2, -0.15) is 0 Å². The maximum atomic E-state index is 4.57. The van der Waals surface area contributed by atoms with Crippen molar-refractivity contribution in [3.05, 3.63) is 40.2 Å². The van der Waals surface area contributed by atoms with Gasteiger partial charge in [0.05, 0.1) is 11.0 Å². The number of aromatic nitrogens is 1. The molecule has 0 radical (unpaired) electrons. The van der Waals surface area contributed by atoms with Crippen molar-refractivity contribution in [2.45, 2.75) is 31.5 Å². The van der Waals surface area contributed by atoms with E-state index in [0.29, 0.717) is 5.92 Å². The highest BCUT2D eigenvalue weighted by Crippen LogP contribution is 2.26. The van der Waals surface area contributed by atoms with Gasteiger partial charge in [-0.05, 0) is 17.9 Å². The van der Waals surface area contributed by atoms with Crippen molar-refractivity contribution in [1.29, 1.82) is 0 Å². The van der Waals surface area contributed by atoms with Crippen molar-refractivity contribution in [2.75, 3.05) is 0 Å². The number of thiazole rings is 1. The van der Waals surface area contributed by atoms with Crippen LogP contribution in [0.5, 0.6) is 0 Å². The summed E-state index contributed by atoms with van der Waals surface area (Å²) in [5.41, 5.74) is 3.70. The number of benzene rings is 1. The third-order valence-electron chi connectivity index (χ3n) is 3.05. The topological polar surface area (TPSA) is 12.9 Å². The van der Waals surface area contributed by atoms with Crippen molar-refractivity contribution >= 4 is 27.3 Å². The van der Waals surface area contributed by atoms with Crippen LogP contribution in [0.4, 0.5) is 0 Å². The molecule has 90 valence electrons. The van der Waals surface area contributed by atoms with Crippen LogP contribution in [0.15, 0.2) is 29.6 Å². The van der Waals surface area contributed by atoms with Crippen molar-refractivity contribution in [1.82, 2.24) is 4.98 Å². The minimum absolute atomic E-state index is 0.637. The molecule has 3 heteroatoms. The Morgan fingerprint density at radius 1 is 1.29 bits per heavy atom. The van der Waals surface area contributed by atoms with Crippen LogP contribution in [0.3, 0.4) is 0 Å². The van der Waals surface area contributed by atoms with Crippen LogP contribution in [0, 0.1) is 0 Å². The summed E-state index contributed by atoms with van der Waals surface area (Å²) >= 11 is 5.13. The summed E-state index contributed by atoms with van der Waals surface area (Å²) in [6.07, 6.45) is 1.18. The molecule has 1 unspecified atom stereocenters. The molecule has 0 spiro atoms. The van der Waals surface area contributed by atoms with Gasteiger partial charge in [0.25, 0.3) is 0 Å². The molecule has 1 aromatic heterocycles. The van der Waals surface area contributed by atoms with E-state index in [9.17, 15) is 0 Å². The van der Waals surface area contributed by atoms with Crippen molar-refractivity contribution in [2.24, 2.45) is 0 Å². The van der Waals surface area contributed by atoms with Gasteiger partial charge >= 0.3 is 0 Å². The van der Waals surface area contributed by atoms with E-state index >= 15 is 0 Å². The molecule has 2 aromatic rings. The molecule has 0 aliphatic rings. The van der Waals surface area contributed by atoms with Gasteiger partial charge in [0.1, 0.15) is 5.01 Å². The number of hydrogen-bond donors (Lipinski definition) is 0. The van der Waals surface area contributed by atoms with Gasteiger partial charge < -0.3 is 0 Å². The summed E-state index contributed by atoms with van der Waals surface area (Å²) in [6, 6.07) is 8.79. The summed E-state index contributed by atoms with van der Waals surface area (Å²) in [7, 11) is 0. The average molecular weight is 310 g/mol. The molecule has 0 saturated carbocycles. The largest absolute Gasteiger partial charge is 0.240 e. The van der Waals surface area contributed by atoms with Crippen LogP contribution in [-0.2, 0) is 5.33 Å². The molecule has 0 aliphatic heterocycles. The first kappa shape index (κ1) is 12.8. The minimum Gasteiger partial charge on any atom is -0.240 e. The number of hydrogen-bond acceptors (Lipinski definition) is 2. The van der Waals surface area contributed by atoms with Gasteiger partial charge in [-0.1, -0.05) is 54.0 Å². The van der Waals surface area contributed by atoms with Crippen molar-refractivity contribution < 1.29 is 0 Å². The maximum absolute atomic E-state index is 4.57. The number of nitrogens with zero attached hydrogens (tertiary/aromatic N) is 1. The first-order valence-corrected chi connectivity index (χ1v) is 7.85. The van der Waals surface area contributed by atoms with Crippen LogP contribution in [0.2, 0.25) is 0 Å². The quantitative estimate of drug-likeness (QED) is 0.706. The van der Waals surface area contributed by atoms with Crippen molar-refractivity contribution in [3.63, 3.8) is 0 Å². The van der Waals surface area contributed by atoms with Crippen molar-refractivity contribution in [3.8, 4) is 11.3 Å². The van der Waals surface area contributed by atoms with Gasteiger partial charge in [0.2, 0.25) is 0 Å². The monoisotopic (exact) mass is 309 g/mol. The Kier molecular flexibility index (Phi) is 4.35. The summed E-state index contributed by atoms with van der Waals surface area (Å²) in [4.78, 5) is 4.57. The number of rotatable bonds is 4. The third kappa shape index (κ3) is 2.96. The number of halogens is 1. The fraction of sp³-hybridized carbons (Fsp3) is 0.357. The van der Waals surface area contributed by atoms with Gasteiger partial charge in [-0.25, -0.2) is 4.98 Å². The zero-order valence-electron chi connectivity index (χ0n) is 10.1. The van der Waals surface area contributed by atoms with E-state index in [0.717, 1.165) is 16.0 Å². The summed E-state index contributed by atoms with van der Waals surface area (Å²) in [5.74, 6) is 0.637. The Bertz CT molecular complexity index is 475. The molecule has 0 saturated heterocycles. The first-order valence-electron chi connectivity index (χ1n) is 5.85. The Hall–Kier alpha value is -0.670. The lowest BCUT2D eigenvalue weighted by Crippen LogP contribution is -1.90. The summed E-state index contributed by atoms with van der Waals surface area (Å²) in [5, 5.41) is 4.09. The second-order valence-electron chi connectivity index (χ2n) is 4.19. The minimum atomic E-state index is 0.637. The second-order valence-corrected chi connectivity index (χ2v) is 5.69. The molecular formula is C14H16BrNS. The molecule has 1 heterocycles. The SMILES string of the molecule is CCC(C)c1ccc(-c2csc(CBr)n2)cc1. The van der Waals surface area contributed by atoms with Gasteiger partial charge in [-0.3, -0.25) is 0 Å². The highest BCUT2D eigenvalue weighted by Gasteiger charge is 2.06. The fourth-order valence-corrected chi connectivity index (χ4v) is 2.90. The van der Waals surface area contributed by atoms with Crippen LogP contribution >= 0.6 is 27.3 Å². The average Bonchev–Trinajstić information content (AvgIpc) is 2.87. The zero-order chi connectivity index (χ0) is 12.3. The lowest BCUT2D eigenvalue weighted by molar-refractivity contribution is 0.734. The molecule has 0 N–H and O–H groups in total. The predicted octanol–water partition coefficient (Wildman–Crippen LogP) is 5.22. The molecule has 17 heavy (non-hydrogen) atoms. The second kappa shape index (κ2) is 5.78. The third-order valence-corrected chi connectivity index (χ3v) is 4.81. The zero-order valence-corrected chi connectivity index (χ0v) is 12.5. The molecule has 1 aromatic carbocycles. The van der Waals surface area contributed by atoms with E-state index < -0.39 is 0 Å². The first-order chi connectivity index (χ1) is 8.24. The summed E-state index contributed by atoms with van der Waals surface area (Å²) in [6.45, 7) is 4.49. The van der Waals surface area contributed by atoms with E-state index in [1.165, 1.54) is 17.5 Å². The Balaban J connectivity index is 2.22. The Morgan fingerprint density at radius 3 is 2.53 bits per heavy atom. The van der Waals surface area contributed by atoms with Crippen LogP contribution in [0.25, 0.3) is 11.3 Å². The normalized spacial score (nSPS) is 12.6. The molecule has 0 aliphatic carbocycles. The molecule has 2 rings (SSSR count). The smallest absolute Gasteiger partial charge is 0.104 e. The highest BCUT2D eigenvalue weighted by molar-refractivity contribution is 9.08. The molecule has 1 atom stereocenters. The van der Waals surface area contributed by atoms with E-state index in [1.54, 1.807) is 11.3 Å². The lowest BCUT2D eigenvalue weighted by Gasteiger charge is -2.08. The molecule has 0 fully saturated rings.